The number of benzene rings is 2. The smallest absolute Gasteiger partial charge is 0.120 e. The van der Waals surface area contributed by atoms with E-state index in [1.165, 1.54) is 0 Å². The van der Waals surface area contributed by atoms with Gasteiger partial charge in [0.1, 0.15) is 11.4 Å². The van der Waals surface area contributed by atoms with E-state index in [1.807, 2.05) is 48.5 Å². The summed E-state index contributed by atoms with van der Waals surface area (Å²) >= 11 is 0. The molecule has 0 radical (unpaired) electrons. The fraction of sp³-hybridized carbons (Fsp3) is 0.200. The molecular weight excluding hydrogens is 272 g/mol. The van der Waals surface area contributed by atoms with Gasteiger partial charge in [0, 0.05) is 5.56 Å². The SMILES string of the molecule is COc1ccc(/C=C/c2ccc(C#CC(C)(C)O)cc2)cc1. The van der Waals surface area contributed by atoms with E-state index < -0.39 is 5.60 Å². The number of methoxy groups -OCH3 is 1. The average Bonchev–Trinajstić information content (AvgIpc) is 2.52. The number of aliphatic hydroxyl groups is 1. The largest absolute Gasteiger partial charge is 0.497 e. The van der Waals surface area contributed by atoms with Crippen molar-refractivity contribution in [2.45, 2.75) is 19.4 Å². The van der Waals surface area contributed by atoms with Crippen molar-refractivity contribution >= 4 is 12.2 Å². The Morgan fingerprint density at radius 3 is 1.86 bits per heavy atom. The first-order valence-corrected chi connectivity index (χ1v) is 7.14. The van der Waals surface area contributed by atoms with Crippen LogP contribution in [0.3, 0.4) is 0 Å². The molecule has 22 heavy (non-hydrogen) atoms. The van der Waals surface area contributed by atoms with E-state index >= 15 is 0 Å². The minimum absolute atomic E-state index is 0.854. The first-order valence-electron chi connectivity index (χ1n) is 7.14. The van der Waals surface area contributed by atoms with Crippen LogP contribution in [0.15, 0.2) is 48.5 Å². The third-order valence-electron chi connectivity index (χ3n) is 3.01. The molecule has 2 aromatic rings. The highest BCUT2D eigenvalue weighted by Gasteiger charge is 2.05. The van der Waals surface area contributed by atoms with Crippen molar-refractivity contribution in [1.29, 1.82) is 0 Å². The molecular formula is C20H20O2. The van der Waals surface area contributed by atoms with Crippen LogP contribution in [0.2, 0.25) is 0 Å². The molecule has 0 saturated carbocycles. The zero-order valence-electron chi connectivity index (χ0n) is 13.1. The summed E-state index contributed by atoms with van der Waals surface area (Å²) in [6, 6.07) is 15.8. The van der Waals surface area contributed by atoms with Gasteiger partial charge in [0.05, 0.1) is 7.11 Å². The lowest BCUT2D eigenvalue weighted by molar-refractivity contribution is 0.143. The van der Waals surface area contributed by atoms with Gasteiger partial charge in [-0.3, -0.25) is 0 Å². The lowest BCUT2D eigenvalue weighted by Crippen LogP contribution is -2.14. The van der Waals surface area contributed by atoms with Gasteiger partial charge < -0.3 is 9.84 Å². The van der Waals surface area contributed by atoms with Gasteiger partial charge in [-0.25, -0.2) is 0 Å². The molecule has 2 aromatic carbocycles. The highest BCUT2D eigenvalue weighted by molar-refractivity contribution is 5.70. The highest BCUT2D eigenvalue weighted by Crippen LogP contribution is 2.14. The van der Waals surface area contributed by atoms with Crippen molar-refractivity contribution in [2.75, 3.05) is 7.11 Å². The number of hydrogen-bond acceptors (Lipinski definition) is 2. The van der Waals surface area contributed by atoms with Gasteiger partial charge in [-0.15, -0.1) is 0 Å². The molecule has 1 N–H and O–H groups in total. The number of hydrogen-bond donors (Lipinski definition) is 1. The molecule has 112 valence electrons. The normalized spacial score (nSPS) is 11.1. The first-order chi connectivity index (χ1) is 10.5. The van der Waals surface area contributed by atoms with Crippen molar-refractivity contribution in [1.82, 2.24) is 0 Å². The molecule has 0 saturated heterocycles. The summed E-state index contributed by atoms with van der Waals surface area (Å²) in [6.07, 6.45) is 4.10. The quantitative estimate of drug-likeness (QED) is 0.684. The third kappa shape index (κ3) is 5.12. The molecule has 0 aromatic heterocycles. The van der Waals surface area contributed by atoms with Crippen molar-refractivity contribution in [2.24, 2.45) is 0 Å². The molecule has 0 aliphatic carbocycles. The summed E-state index contributed by atoms with van der Waals surface area (Å²) in [6.45, 7) is 3.35. The Balaban J connectivity index is 2.06. The van der Waals surface area contributed by atoms with Crippen LogP contribution in [0.4, 0.5) is 0 Å². The molecule has 2 heteroatoms. The predicted octanol–water partition coefficient (Wildman–Crippen LogP) is 3.99. The van der Waals surface area contributed by atoms with E-state index in [0.29, 0.717) is 0 Å². The van der Waals surface area contributed by atoms with E-state index in [0.717, 1.165) is 22.4 Å². The topological polar surface area (TPSA) is 29.5 Å². The minimum atomic E-state index is -0.965. The fourth-order valence-electron chi connectivity index (χ4n) is 1.81. The zero-order chi connectivity index (χ0) is 16.0. The molecule has 0 aliphatic heterocycles. The summed E-state index contributed by atoms with van der Waals surface area (Å²) in [5, 5.41) is 9.59. The van der Waals surface area contributed by atoms with Crippen molar-refractivity contribution in [3.05, 3.63) is 65.2 Å². The fourth-order valence-corrected chi connectivity index (χ4v) is 1.81. The van der Waals surface area contributed by atoms with Crippen molar-refractivity contribution in [3.63, 3.8) is 0 Å². The second kappa shape index (κ2) is 6.98. The second-order valence-corrected chi connectivity index (χ2v) is 5.54. The van der Waals surface area contributed by atoms with Crippen LogP contribution in [0.1, 0.15) is 30.5 Å². The molecule has 0 atom stereocenters. The van der Waals surface area contributed by atoms with E-state index in [2.05, 4.69) is 24.0 Å². The van der Waals surface area contributed by atoms with Gasteiger partial charge >= 0.3 is 0 Å². The Bertz CT molecular complexity index is 691. The molecule has 0 bridgehead atoms. The summed E-state index contributed by atoms with van der Waals surface area (Å²) < 4.78 is 5.14. The Morgan fingerprint density at radius 1 is 0.909 bits per heavy atom. The van der Waals surface area contributed by atoms with Gasteiger partial charge in [-0.05, 0) is 49.2 Å². The van der Waals surface area contributed by atoms with E-state index in [-0.39, 0.29) is 0 Å². The minimum Gasteiger partial charge on any atom is -0.497 e. The first kappa shape index (κ1) is 15.9. The molecule has 0 unspecified atom stereocenters. The maximum absolute atomic E-state index is 9.59. The molecule has 0 spiro atoms. The monoisotopic (exact) mass is 292 g/mol. The Morgan fingerprint density at radius 2 is 1.41 bits per heavy atom. The summed E-state index contributed by atoms with van der Waals surface area (Å²) in [5.74, 6) is 6.62. The van der Waals surface area contributed by atoms with Gasteiger partial charge in [0.2, 0.25) is 0 Å². The van der Waals surface area contributed by atoms with Gasteiger partial charge in [-0.2, -0.15) is 0 Å². The Kier molecular flexibility index (Phi) is 5.04. The van der Waals surface area contributed by atoms with Crippen molar-refractivity contribution in [3.8, 4) is 17.6 Å². The molecule has 2 rings (SSSR count). The molecule has 0 aliphatic rings. The maximum atomic E-state index is 9.59. The molecule has 2 nitrogen and oxygen atoms in total. The lowest BCUT2D eigenvalue weighted by Gasteiger charge is -2.05. The predicted molar refractivity (Wildman–Crippen MR) is 91.5 cm³/mol. The standard InChI is InChI=1S/C20H20O2/c1-20(2,21)15-14-18-8-6-16(7-9-18)4-5-17-10-12-19(22-3)13-11-17/h4-13,21H,1-3H3/b5-4+. The molecule has 0 heterocycles. The Hall–Kier alpha value is -2.50. The van der Waals surface area contributed by atoms with Gasteiger partial charge in [-0.1, -0.05) is 48.3 Å². The van der Waals surface area contributed by atoms with Crippen LogP contribution in [0.5, 0.6) is 5.75 Å². The number of rotatable bonds is 3. The zero-order valence-corrected chi connectivity index (χ0v) is 13.1. The Labute approximate surface area is 132 Å². The van der Waals surface area contributed by atoms with Crippen LogP contribution in [0.25, 0.3) is 12.2 Å². The van der Waals surface area contributed by atoms with E-state index in [4.69, 9.17) is 4.74 Å². The second-order valence-electron chi connectivity index (χ2n) is 5.54. The lowest BCUT2D eigenvalue weighted by atomic mass is 10.1. The summed E-state index contributed by atoms with van der Waals surface area (Å²) in [4.78, 5) is 0. The van der Waals surface area contributed by atoms with Crippen LogP contribution in [-0.2, 0) is 0 Å². The van der Waals surface area contributed by atoms with Gasteiger partial charge in [0.25, 0.3) is 0 Å². The highest BCUT2D eigenvalue weighted by atomic mass is 16.5. The molecule has 0 fully saturated rings. The van der Waals surface area contributed by atoms with Crippen LogP contribution >= 0.6 is 0 Å². The summed E-state index contributed by atoms with van der Waals surface area (Å²) in [5.41, 5.74) is 2.15. The van der Waals surface area contributed by atoms with Crippen molar-refractivity contribution < 1.29 is 9.84 Å². The average molecular weight is 292 g/mol. The van der Waals surface area contributed by atoms with Crippen LogP contribution in [0, 0.1) is 11.8 Å². The summed E-state index contributed by atoms with van der Waals surface area (Å²) in [7, 11) is 1.66. The van der Waals surface area contributed by atoms with E-state index in [1.54, 1.807) is 21.0 Å². The van der Waals surface area contributed by atoms with Crippen LogP contribution in [-0.4, -0.2) is 17.8 Å². The molecule has 0 amide bonds. The van der Waals surface area contributed by atoms with Gasteiger partial charge in [0.15, 0.2) is 0 Å². The maximum Gasteiger partial charge on any atom is 0.120 e. The third-order valence-corrected chi connectivity index (χ3v) is 3.01. The van der Waals surface area contributed by atoms with E-state index in [9.17, 15) is 5.11 Å². The number of ether oxygens (including phenoxy) is 1. The van der Waals surface area contributed by atoms with Crippen LogP contribution < -0.4 is 4.74 Å².